The lowest BCUT2D eigenvalue weighted by molar-refractivity contribution is -0.130. The quantitative estimate of drug-likeness (QED) is 0.273. The summed E-state index contributed by atoms with van der Waals surface area (Å²) in [5.74, 6) is 1.17. The number of aliphatic imine (C=N–C) groups is 1. The number of hydrogen-bond acceptors (Lipinski definition) is 3. The van der Waals surface area contributed by atoms with Crippen molar-refractivity contribution in [2.24, 2.45) is 4.99 Å². The lowest BCUT2D eigenvalue weighted by Crippen LogP contribution is -2.39. The van der Waals surface area contributed by atoms with E-state index in [9.17, 15) is 4.79 Å². The first kappa shape index (κ1) is 22.2. The van der Waals surface area contributed by atoms with Crippen LogP contribution in [0.1, 0.15) is 49.5 Å². The maximum atomic E-state index is 12.0. The Morgan fingerprint density at radius 3 is 2.88 bits per heavy atom. The van der Waals surface area contributed by atoms with E-state index in [1.165, 1.54) is 16.9 Å². The Bertz CT molecular complexity index is 547. The normalized spacial score (nSPS) is 15.5. The second-order valence-electron chi connectivity index (χ2n) is 6.19. The van der Waals surface area contributed by atoms with E-state index in [4.69, 9.17) is 0 Å². The SMILES string of the molecule is CCNC(=NCc1sccc1C)NCCCN1CCCCCC1=O.I. The molecule has 0 unspecified atom stereocenters. The minimum Gasteiger partial charge on any atom is -0.357 e. The van der Waals surface area contributed by atoms with E-state index in [0.717, 1.165) is 57.8 Å². The van der Waals surface area contributed by atoms with E-state index in [-0.39, 0.29) is 24.0 Å². The van der Waals surface area contributed by atoms with Crippen LogP contribution in [0.5, 0.6) is 0 Å². The van der Waals surface area contributed by atoms with E-state index in [2.05, 4.69) is 40.9 Å². The van der Waals surface area contributed by atoms with E-state index < -0.39 is 0 Å². The van der Waals surface area contributed by atoms with Crippen molar-refractivity contribution < 1.29 is 4.79 Å². The first-order valence-corrected chi connectivity index (χ1v) is 9.91. The predicted octanol–water partition coefficient (Wildman–Crippen LogP) is 3.52. The number of guanidine groups is 1. The Balaban J connectivity index is 0.00000312. The van der Waals surface area contributed by atoms with Gasteiger partial charge in [-0.05, 0) is 50.1 Å². The van der Waals surface area contributed by atoms with Gasteiger partial charge in [0.2, 0.25) is 5.91 Å². The molecule has 0 bridgehead atoms. The van der Waals surface area contributed by atoms with Gasteiger partial charge in [-0.1, -0.05) is 6.42 Å². The average Bonchev–Trinajstić information content (AvgIpc) is 2.87. The molecule has 1 aliphatic rings. The van der Waals surface area contributed by atoms with Gasteiger partial charge in [0.05, 0.1) is 6.54 Å². The van der Waals surface area contributed by atoms with Crippen LogP contribution in [0.25, 0.3) is 0 Å². The average molecular weight is 478 g/mol. The Kier molecular flexibility index (Phi) is 11.1. The van der Waals surface area contributed by atoms with Gasteiger partial charge >= 0.3 is 0 Å². The number of nitrogens with one attached hydrogen (secondary N) is 2. The number of hydrogen-bond donors (Lipinski definition) is 2. The summed E-state index contributed by atoms with van der Waals surface area (Å²) in [6, 6.07) is 2.13. The summed E-state index contributed by atoms with van der Waals surface area (Å²) < 4.78 is 0. The van der Waals surface area contributed by atoms with Crippen LogP contribution in [0.2, 0.25) is 0 Å². The fraction of sp³-hybridized carbons (Fsp3) is 0.667. The van der Waals surface area contributed by atoms with Crippen LogP contribution in [0, 0.1) is 6.92 Å². The van der Waals surface area contributed by atoms with Crippen molar-refractivity contribution in [3.8, 4) is 0 Å². The van der Waals surface area contributed by atoms with Crippen molar-refractivity contribution in [2.45, 2.75) is 52.5 Å². The van der Waals surface area contributed by atoms with Gasteiger partial charge in [0, 0.05) is 37.5 Å². The number of carbonyl (C=O) groups excluding carboxylic acids is 1. The van der Waals surface area contributed by atoms with E-state index in [0.29, 0.717) is 12.5 Å². The molecule has 1 fully saturated rings. The van der Waals surface area contributed by atoms with Crippen LogP contribution in [0.3, 0.4) is 0 Å². The number of carbonyl (C=O) groups is 1. The van der Waals surface area contributed by atoms with Crippen LogP contribution in [-0.4, -0.2) is 42.9 Å². The topological polar surface area (TPSA) is 56.7 Å². The van der Waals surface area contributed by atoms with E-state index in [1.807, 2.05) is 4.90 Å². The molecule has 0 spiro atoms. The summed E-state index contributed by atoms with van der Waals surface area (Å²) in [5.41, 5.74) is 1.30. The molecule has 5 nitrogen and oxygen atoms in total. The lowest BCUT2D eigenvalue weighted by atomic mass is 10.2. The molecule has 0 aromatic carbocycles. The van der Waals surface area contributed by atoms with E-state index >= 15 is 0 Å². The number of rotatable bonds is 7. The van der Waals surface area contributed by atoms with Gasteiger partial charge in [0.1, 0.15) is 0 Å². The Labute approximate surface area is 172 Å². The molecule has 1 aromatic heterocycles. The molecule has 2 heterocycles. The van der Waals surface area contributed by atoms with Crippen molar-refractivity contribution in [2.75, 3.05) is 26.2 Å². The third-order valence-corrected chi connectivity index (χ3v) is 5.27. The van der Waals surface area contributed by atoms with Crippen LogP contribution >= 0.6 is 35.3 Å². The van der Waals surface area contributed by atoms with Crippen molar-refractivity contribution in [1.29, 1.82) is 0 Å². The van der Waals surface area contributed by atoms with Gasteiger partial charge in [-0.25, -0.2) is 4.99 Å². The van der Waals surface area contributed by atoms with Crippen molar-refractivity contribution >= 4 is 47.2 Å². The maximum Gasteiger partial charge on any atom is 0.222 e. The standard InChI is InChI=1S/C18H30N4OS.HI/c1-3-19-18(21-14-16-15(2)9-13-24-16)20-10-7-12-22-11-6-4-5-8-17(22)23;/h9,13H,3-8,10-12,14H2,1-2H3,(H2,19,20,21);1H. The molecule has 0 saturated carbocycles. The van der Waals surface area contributed by atoms with E-state index in [1.54, 1.807) is 11.3 Å². The van der Waals surface area contributed by atoms with Crippen LogP contribution in [0.4, 0.5) is 0 Å². The Morgan fingerprint density at radius 1 is 1.32 bits per heavy atom. The Hall–Kier alpha value is -0.830. The molecule has 1 aliphatic heterocycles. The van der Waals surface area contributed by atoms with Crippen LogP contribution in [0.15, 0.2) is 16.4 Å². The third-order valence-electron chi connectivity index (χ3n) is 4.26. The molecule has 1 amide bonds. The lowest BCUT2D eigenvalue weighted by Gasteiger charge is -2.20. The number of thiophene rings is 1. The van der Waals surface area contributed by atoms with Crippen LogP contribution in [-0.2, 0) is 11.3 Å². The molecule has 1 saturated heterocycles. The molecule has 2 N–H and O–H groups in total. The minimum absolute atomic E-state index is 0. The van der Waals surface area contributed by atoms with Gasteiger partial charge in [-0.2, -0.15) is 0 Å². The zero-order valence-corrected chi connectivity index (χ0v) is 18.5. The molecule has 25 heavy (non-hydrogen) atoms. The molecular formula is C18H31IN4OS. The van der Waals surface area contributed by atoms with Crippen molar-refractivity contribution in [3.05, 3.63) is 21.9 Å². The summed E-state index contributed by atoms with van der Waals surface area (Å²) in [4.78, 5) is 20.0. The highest BCUT2D eigenvalue weighted by atomic mass is 127. The van der Waals surface area contributed by atoms with Crippen molar-refractivity contribution in [3.63, 3.8) is 0 Å². The zero-order chi connectivity index (χ0) is 17.2. The zero-order valence-electron chi connectivity index (χ0n) is 15.3. The summed E-state index contributed by atoms with van der Waals surface area (Å²) in [6.45, 7) is 8.35. The van der Waals surface area contributed by atoms with Gasteiger partial charge in [0.15, 0.2) is 5.96 Å². The Morgan fingerprint density at radius 2 is 2.16 bits per heavy atom. The van der Waals surface area contributed by atoms with Crippen LogP contribution < -0.4 is 10.6 Å². The predicted molar refractivity (Wildman–Crippen MR) is 117 cm³/mol. The minimum atomic E-state index is 0. The molecular weight excluding hydrogens is 447 g/mol. The first-order valence-electron chi connectivity index (χ1n) is 9.03. The molecule has 0 aliphatic carbocycles. The van der Waals surface area contributed by atoms with Crippen molar-refractivity contribution in [1.82, 2.24) is 15.5 Å². The summed E-state index contributed by atoms with van der Waals surface area (Å²) in [7, 11) is 0. The number of halogens is 1. The molecule has 7 heteroatoms. The molecule has 2 rings (SSSR count). The summed E-state index contributed by atoms with van der Waals surface area (Å²) in [6.07, 6.45) is 5.04. The number of nitrogens with zero attached hydrogens (tertiary/aromatic N) is 2. The summed E-state index contributed by atoms with van der Waals surface area (Å²) >= 11 is 1.75. The highest BCUT2D eigenvalue weighted by Gasteiger charge is 2.15. The molecule has 0 radical (unpaired) electrons. The molecule has 142 valence electrons. The van der Waals surface area contributed by atoms with Gasteiger partial charge in [-0.3, -0.25) is 4.79 Å². The molecule has 0 atom stereocenters. The second-order valence-corrected chi connectivity index (χ2v) is 7.19. The molecule has 1 aromatic rings. The highest BCUT2D eigenvalue weighted by Crippen LogP contribution is 2.16. The third kappa shape index (κ3) is 7.94. The fourth-order valence-electron chi connectivity index (χ4n) is 2.81. The number of amides is 1. The van der Waals surface area contributed by atoms with Gasteiger partial charge < -0.3 is 15.5 Å². The summed E-state index contributed by atoms with van der Waals surface area (Å²) in [5, 5.41) is 8.77. The number of likely N-dealkylation sites (tertiary alicyclic amines) is 1. The van der Waals surface area contributed by atoms with Gasteiger partial charge in [0.25, 0.3) is 0 Å². The smallest absolute Gasteiger partial charge is 0.222 e. The number of aryl methyl sites for hydroxylation is 1. The highest BCUT2D eigenvalue weighted by molar-refractivity contribution is 14.0. The van der Waals surface area contributed by atoms with Gasteiger partial charge in [-0.15, -0.1) is 35.3 Å². The fourth-order valence-corrected chi connectivity index (χ4v) is 3.64. The largest absolute Gasteiger partial charge is 0.357 e. The monoisotopic (exact) mass is 478 g/mol. The maximum absolute atomic E-state index is 12.0. The first-order chi connectivity index (χ1) is 11.7. The second kappa shape index (κ2) is 12.5.